The molecule has 0 saturated heterocycles. The van der Waals surface area contributed by atoms with E-state index in [0.717, 1.165) is 0 Å². The summed E-state index contributed by atoms with van der Waals surface area (Å²) in [5.41, 5.74) is 1.37. The fraction of sp³-hybridized carbons (Fsp3) is 0.750. The maximum absolute atomic E-state index is 3.39. The molecule has 0 fully saturated rings. The summed E-state index contributed by atoms with van der Waals surface area (Å²) in [7, 11) is 0. The van der Waals surface area contributed by atoms with Crippen LogP contribution in [0.1, 0.15) is 27.7 Å². The first-order valence-electron chi connectivity index (χ1n) is 3.75. The van der Waals surface area contributed by atoms with Crippen molar-refractivity contribution in [2.24, 2.45) is 5.92 Å². The number of rotatable bonds is 1. The zero-order valence-corrected chi connectivity index (χ0v) is 7.88. The Labute approximate surface area is 67.3 Å². The molecule has 1 unspecified atom stereocenters. The van der Waals surface area contributed by atoms with Gasteiger partial charge in [-0.1, -0.05) is 13.8 Å². The van der Waals surface area contributed by atoms with Gasteiger partial charge in [0.05, 0.1) is 5.37 Å². The van der Waals surface area contributed by atoms with Gasteiger partial charge in [0.25, 0.3) is 0 Å². The van der Waals surface area contributed by atoms with Gasteiger partial charge in [-0.15, -0.1) is 11.8 Å². The highest BCUT2D eigenvalue weighted by Gasteiger charge is 2.19. The normalized spacial score (nSPS) is 25.9. The average Bonchev–Trinajstić information content (AvgIpc) is 2.10. The Kier molecular flexibility index (Phi) is 2.29. The number of thioether (sulfide) groups is 1. The summed E-state index contributed by atoms with van der Waals surface area (Å²) in [5, 5.41) is 3.97. The summed E-state index contributed by atoms with van der Waals surface area (Å²) in [6, 6.07) is 0. The third-order valence-electron chi connectivity index (χ3n) is 1.62. The molecule has 1 rings (SSSR count). The predicted octanol–water partition coefficient (Wildman–Crippen LogP) is 2.56. The standard InChI is InChI=1S/C8H15NS/c1-5(2)8-6(3)9-7(4)10-8/h5,7,9H,1-4H3. The number of allylic oxidation sites excluding steroid dienone is 2. The molecule has 0 saturated carbocycles. The molecular weight excluding hydrogens is 142 g/mol. The van der Waals surface area contributed by atoms with E-state index in [4.69, 9.17) is 0 Å². The van der Waals surface area contributed by atoms with E-state index in [1.54, 1.807) is 0 Å². The molecule has 1 aliphatic rings. The summed E-state index contributed by atoms with van der Waals surface area (Å²) in [5.74, 6) is 0.683. The van der Waals surface area contributed by atoms with Crippen molar-refractivity contribution in [2.45, 2.75) is 33.1 Å². The van der Waals surface area contributed by atoms with Crippen LogP contribution in [0.25, 0.3) is 0 Å². The third-order valence-corrected chi connectivity index (χ3v) is 3.12. The minimum atomic E-state index is 0.581. The second-order valence-corrected chi connectivity index (χ2v) is 4.43. The summed E-state index contributed by atoms with van der Waals surface area (Å²) < 4.78 is 0. The Bertz CT molecular complexity index is 161. The lowest BCUT2D eigenvalue weighted by atomic mass is 10.2. The van der Waals surface area contributed by atoms with Gasteiger partial charge in [-0.3, -0.25) is 0 Å². The third kappa shape index (κ3) is 1.48. The average molecular weight is 157 g/mol. The van der Waals surface area contributed by atoms with Gasteiger partial charge >= 0.3 is 0 Å². The molecule has 0 aromatic heterocycles. The number of nitrogens with one attached hydrogen (secondary N) is 1. The second-order valence-electron chi connectivity index (χ2n) is 3.05. The molecule has 0 aliphatic carbocycles. The molecule has 0 spiro atoms. The van der Waals surface area contributed by atoms with Gasteiger partial charge in [0, 0.05) is 10.6 Å². The molecule has 1 heterocycles. The van der Waals surface area contributed by atoms with Crippen LogP contribution in [0.2, 0.25) is 0 Å². The van der Waals surface area contributed by atoms with Crippen molar-refractivity contribution in [1.82, 2.24) is 5.32 Å². The Balaban J connectivity index is 2.66. The van der Waals surface area contributed by atoms with Crippen LogP contribution in [0.5, 0.6) is 0 Å². The minimum absolute atomic E-state index is 0.581. The van der Waals surface area contributed by atoms with Crippen molar-refractivity contribution >= 4 is 11.8 Å². The highest BCUT2D eigenvalue weighted by molar-refractivity contribution is 8.03. The van der Waals surface area contributed by atoms with E-state index in [-0.39, 0.29) is 0 Å². The Morgan fingerprint density at radius 1 is 1.50 bits per heavy atom. The SMILES string of the molecule is CC1=C(C(C)C)SC(C)N1. The highest BCUT2D eigenvalue weighted by atomic mass is 32.2. The van der Waals surface area contributed by atoms with E-state index >= 15 is 0 Å². The summed E-state index contributed by atoms with van der Waals surface area (Å²) in [6.45, 7) is 8.84. The van der Waals surface area contributed by atoms with Gasteiger partial charge in [-0.05, 0) is 19.8 Å². The predicted molar refractivity (Wildman–Crippen MR) is 47.7 cm³/mol. The molecule has 1 N–H and O–H groups in total. The van der Waals surface area contributed by atoms with Crippen LogP contribution in [-0.4, -0.2) is 5.37 Å². The minimum Gasteiger partial charge on any atom is -0.376 e. The monoisotopic (exact) mass is 157 g/mol. The van der Waals surface area contributed by atoms with Crippen LogP contribution in [0.3, 0.4) is 0 Å². The van der Waals surface area contributed by atoms with Crippen molar-refractivity contribution in [3.05, 3.63) is 10.6 Å². The van der Waals surface area contributed by atoms with E-state index in [1.807, 2.05) is 11.8 Å². The lowest BCUT2D eigenvalue weighted by molar-refractivity contribution is 0.775. The molecule has 0 amide bonds. The molecule has 10 heavy (non-hydrogen) atoms. The second kappa shape index (κ2) is 2.87. The molecule has 0 aromatic rings. The molecule has 1 nitrogen and oxygen atoms in total. The molecular formula is C8H15NS. The highest BCUT2D eigenvalue weighted by Crippen LogP contribution is 2.34. The van der Waals surface area contributed by atoms with E-state index in [2.05, 4.69) is 33.0 Å². The van der Waals surface area contributed by atoms with Crippen LogP contribution >= 0.6 is 11.8 Å². The number of hydrogen-bond donors (Lipinski definition) is 1. The lowest BCUT2D eigenvalue weighted by Crippen LogP contribution is -2.14. The van der Waals surface area contributed by atoms with Crippen molar-refractivity contribution in [3.8, 4) is 0 Å². The fourth-order valence-corrected chi connectivity index (χ4v) is 2.38. The number of hydrogen-bond acceptors (Lipinski definition) is 2. The van der Waals surface area contributed by atoms with Gasteiger partial charge in [0.2, 0.25) is 0 Å². The largest absolute Gasteiger partial charge is 0.376 e. The zero-order chi connectivity index (χ0) is 7.72. The van der Waals surface area contributed by atoms with E-state index in [9.17, 15) is 0 Å². The lowest BCUT2D eigenvalue weighted by Gasteiger charge is -2.04. The van der Waals surface area contributed by atoms with Crippen molar-refractivity contribution in [1.29, 1.82) is 0 Å². The van der Waals surface area contributed by atoms with Crippen LogP contribution < -0.4 is 5.32 Å². The van der Waals surface area contributed by atoms with Crippen LogP contribution in [0.15, 0.2) is 10.6 Å². The molecule has 0 bridgehead atoms. The van der Waals surface area contributed by atoms with Crippen LogP contribution in [0.4, 0.5) is 0 Å². The van der Waals surface area contributed by atoms with Gasteiger partial charge in [0.1, 0.15) is 0 Å². The smallest absolute Gasteiger partial charge is 0.0735 e. The fourth-order valence-electron chi connectivity index (χ4n) is 1.25. The summed E-state index contributed by atoms with van der Waals surface area (Å²) >= 11 is 1.95. The van der Waals surface area contributed by atoms with E-state index in [1.165, 1.54) is 10.6 Å². The van der Waals surface area contributed by atoms with E-state index < -0.39 is 0 Å². The van der Waals surface area contributed by atoms with E-state index in [0.29, 0.717) is 11.3 Å². The van der Waals surface area contributed by atoms with Crippen LogP contribution in [-0.2, 0) is 0 Å². The molecule has 58 valence electrons. The maximum atomic E-state index is 3.39. The molecule has 0 aromatic carbocycles. The maximum Gasteiger partial charge on any atom is 0.0735 e. The quantitative estimate of drug-likeness (QED) is 0.628. The van der Waals surface area contributed by atoms with Crippen molar-refractivity contribution in [3.63, 3.8) is 0 Å². The topological polar surface area (TPSA) is 12.0 Å². The van der Waals surface area contributed by atoms with Gasteiger partial charge < -0.3 is 5.32 Å². The first kappa shape index (κ1) is 7.99. The summed E-state index contributed by atoms with van der Waals surface area (Å²) in [4.78, 5) is 1.52. The zero-order valence-electron chi connectivity index (χ0n) is 7.06. The van der Waals surface area contributed by atoms with Gasteiger partial charge in [-0.2, -0.15) is 0 Å². The molecule has 0 radical (unpaired) electrons. The van der Waals surface area contributed by atoms with Crippen molar-refractivity contribution < 1.29 is 0 Å². The van der Waals surface area contributed by atoms with Gasteiger partial charge in [-0.25, -0.2) is 0 Å². The Morgan fingerprint density at radius 3 is 2.30 bits per heavy atom. The first-order chi connectivity index (χ1) is 4.61. The Hall–Kier alpha value is -0.110. The summed E-state index contributed by atoms with van der Waals surface area (Å²) in [6.07, 6.45) is 0. The molecule has 2 heteroatoms. The Morgan fingerprint density at radius 2 is 2.10 bits per heavy atom. The molecule has 1 atom stereocenters. The van der Waals surface area contributed by atoms with Crippen LogP contribution in [0, 0.1) is 5.92 Å². The first-order valence-corrected chi connectivity index (χ1v) is 4.63. The van der Waals surface area contributed by atoms with Gasteiger partial charge in [0.15, 0.2) is 0 Å². The van der Waals surface area contributed by atoms with Crippen molar-refractivity contribution in [2.75, 3.05) is 0 Å². The molecule has 1 aliphatic heterocycles.